The summed E-state index contributed by atoms with van der Waals surface area (Å²) in [5.41, 5.74) is 9.00. The summed E-state index contributed by atoms with van der Waals surface area (Å²) in [6, 6.07) is 14.4. The molecule has 8 nitrogen and oxygen atoms in total. The third-order valence-electron chi connectivity index (χ3n) is 5.49. The maximum Gasteiger partial charge on any atom is 0.435 e. The van der Waals surface area contributed by atoms with Crippen molar-refractivity contribution in [1.82, 2.24) is 14.8 Å². The molecule has 0 fully saturated rings. The van der Waals surface area contributed by atoms with Crippen molar-refractivity contribution in [3.63, 3.8) is 0 Å². The first-order valence-corrected chi connectivity index (χ1v) is 10.2. The quantitative estimate of drug-likeness (QED) is 0.451. The number of rotatable bonds is 5. The normalized spacial score (nSPS) is 11.4. The molecule has 0 saturated heterocycles. The molecule has 2 amide bonds. The van der Waals surface area contributed by atoms with Crippen LogP contribution in [-0.4, -0.2) is 26.6 Å². The van der Waals surface area contributed by atoms with E-state index in [-0.39, 0.29) is 28.7 Å². The molecule has 2 heterocycles. The highest BCUT2D eigenvalue weighted by Gasteiger charge is 2.41. The van der Waals surface area contributed by atoms with Crippen LogP contribution in [-0.2, 0) is 12.7 Å². The van der Waals surface area contributed by atoms with E-state index in [9.17, 15) is 22.8 Å². The summed E-state index contributed by atoms with van der Waals surface area (Å²) in [5.74, 6) is -2.18. The second-order valence-electron chi connectivity index (χ2n) is 7.73. The van der Waals surface area contributed by atoms with Crippen LogP contribution in [0.4, 0.5) is 13.2 Å². The van der Waals surface area contributed by atoms with Crippen molar-refractivity contribution in [2.75, 3.05) is 0 Å². The largest absolute Gasteiger partial charge is 0.435 e. The number of para-hydroxylation sites is 1. The molecule has 0 atom stereocenters. The molecule has 176 valence electrons. The molecule has 0 aliphatic heterocycles. The lowest BCUT2D eigenvalue weighted by atomic mass is 9.92. The SMILES string of the molecule is Cc1c(-c2c(C(N)=O)nc3ccccc3c2C(N)=O)c(C(F)(F)F)nn1Cc1cccc(C#N)c1. The third-order valence-corrected chi connectivity index (χ3v) is 5.49. The van der Waals surface area contributed by atoms with E-state index < -0.39 is 40.5 Å². The number of pyridine rings is 1. The van der Waals surface area contributed by atoms with Crippen LogP contribution >= 0.6 is 0 Å². The van der Waals surface area contributed by atoms with Crippen LogP contribution in [0.2, 0.25) is 0 Å². The molecule has 0 aliphatic carbocycles. The number of carbonyl (C=O) groups excluding carboxylic acids is 2. The van der Waals surface area contributed by atoms with Crippen molar-refractivity contribution in [1.29, 1.82) is 5.26 Å². The zero-order valence-electron chi connectivity index (χ0n) is 18.2. The number of fused-ring (bicyclic) bond motifs is 1. The Hall–Kier alpha value is -4.72. The Labute approximate surface area is 196 Å². The molecule has 4 N–H and O–H groups in total. The summed E-state index contributed by atoms with van der Waals surface area (Å²) in [4.78, 5) is 29.0. The van der Waals surface area contributed by atoms with Crippen LogP contribution in [0.15, 0.2) is 48.5 Å². The van der Waals surface area contributed by atoms with E-state index in [4.69, 9.17) is 16.7 Å². The average molecular weight is 478 g/mol. The van der Waals surface area contributed by atoms with Crippen LogP contribution in [0, 0.1) is 18.3 Å². The Bertz CT molecular complexity index is 1550. The van der Waals surface area contributed by atoms with Crippen molar-refractivity contribution in [3.8, 4) is 17.2 Å². The molecule has 0 bridgehead atoms. The first kappa shape index (κ1) is 23.4. The van der Waals surface area contributed by atoms with Crippen LogP contribution in [0.1, 0.15) is 43.4 Å². The Morgan fingerprint density at radius 3 is 2.40 bits per heavy atom. The number of aromatic nitrogens is 3. The number of hydrogen-bond acceptors (Lipinski definition) is 5. The number of nitrogens with two attached hydrogens (primary N) is 2. The molecular formula is C24H17F3N6O2. The van der Waals surface area contributed by atoms with E-state index in [0.29, 0.717) is 11.1 Å². The minimum Gasteiger partial charge on any atom is -0.366 e. The van der Waals surface area contributed by atoms with Crippen LogP contribution in [0.5, 0.6) is 0 Å². The number of benzene rings is 2. The van der Waals surface area contributed by atoms with E-state index in [1.807, 2.05) is 6.07 Å². The van der Waals surface area contributed by atoms with E-state index in [1.54, 1.807) is 30.3 Å². The van der Waals surface area contributed by atoms with E-state index >= 15 is 0 Å². The summed E-state index contributed by atoms with van der Waals surface area (Å²) in [7, 11) is 0. The number of carbonyl (C=O) groups is 2. The van der Waals surface area contributed by atoms with Gasteiger partial charge in [0.15, 0.2) is 5.69 Å². The van der Waals surface area contributed by atoms with Crippen molar-refractivity contribution in [2.24, 2.45) is 11.5 Å². The van der Waals surface area contributed by atoms with Gasteiger partial charge in [-0.25, -0.2) is 4.98 Å². The van der Waals surface area contributed by atoms with E-state index in [0.717, 1.165) is 4.68 Å². The lowest BCUT2D eigenvalue weighted by Gasteiger charge is -2.16. The summed E-state index contributed by atoms with van der Waals surface area (Å²) < 4.78 is 43.7. The van der Waals surface area contributed by atoms with Gasteiger partial charge in [0.1, 0.15) is 5.69 Å². The second-order valence-corrected chi connectivity index (χ2v) is 7.73. The molecule has 11 heteroatoms. The molecule has 4 rings (SSSR count). The summed E-state index contributed by atoms with van der Waals surface area (Å²) >= 11 is 0. The molecule has 0 saturated carbocycles. The van der Waals surface area contributed by atoms with Gasteiger partial charge in [0, 0.05) is 22.2 Å². The van der Waals surface area contributed by atoms with Gasteiger partial charge in [-0.1, -0.05) is 30.3 Å². The zero-order chi connectivity index (χ0) is 25.5. The number of halogens is 3. The van der Waals surface area contributed by atoms with Gasteiger partial charge >= 0.3 is 6.18 Å². The Balaban J connectivity index is 2.08. The first-order chi connectivity index (χ1) is 16.5. The van der Waals surface area contributed by atoms with Crippen LogP contribution in [0.25, 0.3) is 22.0 Å². The molecule has 2 aromatic heterocycles. The maximum absolute atomic E-state index is 14.2. The Morgan fingerprint density at radius 2 is 1.77 bits per heavy atom. The second kappa shape index (κ2) is 8.57. The number of hydrogen-bond donors (Lipinski definition) is 2. The molecule has 4 aromatic rings. The van der Waals surface area contributed by atoms with Crippen molar-refractivity contribution in [3.05, 3.63) is 82.3 Å². The van der Waals surface area contributed by atoms with Gasteiger partial charge in [0.25, 0.3) is 5.91 Å². The predicted octanol–water partition coefficient (Wildman–Crippen LogP) is 3.54. The molecule has 0 radical (unpaired) electrons. The molecule has 35 heavy (non-hydrogen) atoms. The molecular weight excluding hydrogens is 461 g/mol. The van der Waals surface area contributed by atoms with Gasteiger partial charge in [-0.3, -0.25) is 14.3 Å². The average Bonchev–Trinajstić information content (AvgIpc) is 3.13. The first-order valence-electron chi connectivity index (χ1n) is 10.2. The van der Waals surface area contributed by atoms with Crippen LogP contribution in [0.3, 0.4) is 0 Å². The van der Waals surface area contributed by atoms with Gasteiger partial charge in [0.05, 0.1) is 29.3 Å². The minimum absolute atomic E-state index is 0.00164. The number of amides is 2. The van der Waals surface area contributed by atoms with Crippen molar-refractivity contribution < 1.29 is 22.8 Å². The highest BCUT2D eigenvalue weighted by molar-refractivity contribution is 6.15. The summed E-state index contributed by atoms with van der Waals surface area (Å²) in [5, 5.41) is 13.1. The van der Waals surface area contributed by atoms with Crippen molar-refractivity contribution in [2.45, 2.75) is 19.6 Å². The number of primary amides is 2. The molecule has 0 aliphatic rings. The van der Waals surface area contributed by atoms with Gasteiger partial charge in [-0.15, -0.1) is 0 Å². The maximum atomic E-state index is 14.2. The fraction of sp³-hybridized carbons (Fsp3) is 0.125. The Kier molecular flexibility index (Phi) is 5.74. The summed E-state index contributed by atoms with van der Waals surface area (Å²) in [6.45, 7) is 1.26. The highest BCUT2D eigenvalue weighted by atomic mass is 19.4. The summed E-state index contributed by atoms with van der Waals surface area (Å²) in [6.07, 6.45) is -4.95. The van der Waals surface area contributed by atoms with Crippen molar-refractivity contribution >= 4 is 22.7 Å². The number of nitrogens with zero attached hydrogens (tertiary/aromatic N) is 4. The van der Waals surface area contributed by atoms with Gasteiger partial charge in [0.2, 0.25) is 5.91 Å². The third kappa shape index (κ3) is 4.17. The zero-order valence-corrected chi connectivity index (χ0v) is 18.2. The fourth-order valence-corrected chi connectivity index (χ4v) is 4.00. The standard InChI is InChI=1S/C24H17F3N6O2/c1-12-17(19-18(22(29)34)15-7-2-3-8-16(15)31-20(19)23(30)35)21(24(25,26)27)32-33(12)11-14-6-4-5-13(9-14)10-28/h2-9H,11H2,1H3,(H2,29,34)(H2,30,35). The monoisotopic (exact) mass is 478 g/mol. The smallest absolute Gasteiger partial charge is 0.366 e. The van der Waals surface area contributed by atoms with Crippen LogP contribution < -0.4 is 11.5 Å². The highest BCUT2D eigenvalue weighted by Crippen LogP contribution is 2.42. The fourth-order valence-electron chi connectivity index (χ4n) is 4.00. The van der Waals surface area contributed by atoms with Gasteiger partial charge in [-0.2, -0.15) is 23.5 Å². The molecule has 0 unspecified atom stereocenters. The van der Waals surface area contributed by atoms with Gasteiger partial charge in [-0.05, 0) is 30.7 Å². The Morgan fingerprint density at radius 1 is 1.06 bits per heavy atom. The number of alkyl halides is 3. The molecule has 0 spiro atoms. The lowest BCUT2D eigenvalue weighted by molar-refractivity contribution is -0.141. The minimum atomic E-state index is -4.95. The lowest BCUT2D eigenvalue weighted by Crippen LogP contribution is -2.21. The molecule has 2 aromatic carbocycles. The van der Waals surface area contributed by atoms with Gasteiger partial charge < -0.3 is 11.5 Å². The predicted molar refractivity (Wildman–Crippen MR) is 120 cm³/mol. The number of nitriles is 1. The topological polar surface area (TPSA) is 141 Å². The van der Waals surface area contributed by atoms with E-state index in [1.165, 1.54) is 25.1 Å². The van der Waals surface area contributed by atoms with E-state index in [2.05, 4.69) is 10.1 Å².